The van der Waals surface area contributed by atoms with Crippen molar-refractivity contribution in [2.24, 2.45) is 0 Å². The Hall–Kier alpha value is -1.33. The topological polar surface area (TPSA) is 40.5 Å². The van der Waals surface area contributed by atoms with E-state index in [0.717, 1.165) is 25.1 Å². The number of anilines is 1. The summed E-state index contributed by atoms with van der Waals surface area (Å²) in [7, 11) is 0. The fraction of sp³-hybridized carbons (Fsp3) is 0.267. The zero-order valence-electron chi connectivity index (χ0n) is 10.8. The first-order valence-corrected chi connectivity index (χ1v) is 8.20. The molecule has 0 bridgehead atoms. The van der Waals surface area contributed by atoms with E-state index in [4.69, 9.17) is 0 Å². The molecule has 2 aromatic rings. The van der Waals surface area contributed by atoms with Gasteiger partial charge in [-0.05, 0) is 63.3 Å². The predicted molar refractivity (Wildman–Crippen MR) is 84.6 cm³/mol. The highest BCUT2D eigenvalue weighted by atomic mass is 79.9. The molecule has 1 heterocycles. The molecule has 0 saturated heterocycles. The van der Waals surface area contributed by atoms with Gasteiger partial charge in [0.25, 0.3) is 0 Å². The lowest BCUT2D eigenvalue weighted by atomic mass is 10.1. The van der Waals surface area contributed by atoms with Gasteiger partial charge in [-0.3, -0.25) is 0 Å². The maximum Gasteiger partial charge on any atom is 0.338 e. The van der Waals surface area contributed by atoms with Crippen molar-refractivity contribution in [3.63, 3.8) is 0 Å². The molecule has 1 aliphatic carbocycles. The predicted octanol–water partition coefficient (Wildman–Crippen LogP) is 4.38. The number of halogens is 1. The van der Waals surface area contributed by atoms with E-state index in [2.05, 4.69) is 37.7 Å². The molecule has 0 aliphatic heterocycles. The zero-order valence-corrected chi connectivity index (χ0v) is 13.2. The van der Waals surface area contributed by atoms with Crippen molar-refractivity contribution in [1.82, 2.24) is 0 Å². The molecule has 0 spiro atoms. The Labute approximate surface area is 130 Å². The van der Waals surface area contributed by atoms with Crippen LogP contribution in [0.2, 0.25) is 0 Å². The Morgan fingerprint density at radius 2 is 2.20 bits per heavy atom. The van der Waals surface area contributed by atoms with E-state index in [-0.39, 0.29) is 0 Å². The Bertz CT molecular complexity index is 623. The van der Waals surface area contributed by atoms with Crippen LogP contribution in [0, 0.1) is 0 Å². The highest BCUT2D eigenvalue weighted by Gasteiger charge is 2.32. The van der Waals surface area contributed by atoms with E-state index < -0.39 is 5.97 Å². The number of carboxylic acid groups (broad SMARTS) is 1. The minimum Gasteiger partial charge on any atom is -0.478 e. The average molecular weight is 352 g/mol. The van der Waals surface area contributed by atoms with Crippen LogP contribution in [-0.4, -0.2) is 17.1 Å². The highest BCUT2D eigenvalue weighted by Crippen LogP contribution is 2.37. The molecule has 20 heavy (non-hydrogen) atoms. The molecule has 1 aromatic carbocycles. The third-order valence-corrected chi connectivity index (χ3v) is 4.83. The average Bonchev–Trinajstić information content (AvgIpc) is 3.12. The first kappa shape index (κ1) is 13.6. The van der Waals surface area contributed by atoms with Crippen LogP contribution in [0.15, 0.2) is 39.5 Å². The second-order valence-electron chi connectivity index (χ2n) is 4.93. The van der Waals surface area contributed by atoms with Crippen LogP contribution in [0.1, 0.15) is 28.8 Å². The lowest BCUT2D eigenvalue weighted by Crippen LogP contribution is -2.26. The van der Waals surface area contributed by atoms with Crippen LogP contribution in [0.25, 0.3) is 0 Å². The van der Waals surface area contributed by atoms with Crippen LogP contribution in [0.4, 0.5) is 5.69 Å². The molecule has 0 amide bonds. The summed E-state index contributed by atoms with van der Waals surface area (Å²) in [5.74, 6) is -0.886. The van der Waals surface area contributed by atoms with Crippen molar-refractivity contribution in [1.29, 1.82) is 0 Å². The molecule has 5 heteroatoms. The molecule has 1 aromatic heterocycles. The van der Waals surface area contributed by atoms with Crippen molar-refractivity contribution >= 4 is 38.9 Å². The molecule has 3 rings (SSSR count). The lowest BCUT2D eigenvalue weighted by molar-refractivity contribution is 0.0696. The summed E-state index contributed by atoms with van der Waals surface area (Å²) in [6.45, 7) is 0.769. The van der Waals surface area contributed by atoms with Gasteiger partial charge in [-0.15, -0.1) is 0 Å². The number of aromatic carboxylic acids is 1. The minimum atomic E-state index is -0.886. The summed E-state index contributed by atoms with van der Waals surface area (Å²) < 4.78 is 0.637. The van der Waals surface area contributed by atoms with Crippen molar-refractivity contribution in [3.05, 3.63) is 50.6 Å². The van der Waals surface area contributed by atoms with Gasteiger partial charge in [0.2, 0.25) is 0 Å². The molecule has 1 saturated carbocycles. The zero-order chi connectivity index (χ0) is 14.1. The van der Waals surface area contributed by atoms with Gasteiger partial charge in [0, 0.05) is 17.1 Å². The second-order valence-corrected chi connectivity index (χ2v) is 6.56. The Morgan fingerprint density at radius 1 is 1.40 bits per heavy atom. The number of nitrogens with zero attached hydrogens (tertiary/aromatic N) is 1. The van der Waals surface area contributed by atoms with Gasteiger partial charge in [0.15, 0.2) is 0 Å². The van der Waals surface area contributed by atoms with Gasteiger partial charge in [-0.1, -0.05) is 6.07 Å². The van der Waals surface area contributed by atoms with Crippen molar-refractivity contribution < 1.29 is 9.90 Å². The fourth-order valence-electron chi connectivity index (χ4n) is 2.34. The summed E-state index contributed by atoms with van der Waals surface area (Å²) in [4.78, 5) is 13.8. The Kier molecular flexibility index (Phi) is 3.81. The first-order valence-electron chi connectivity index (χ1n) is 6.46. The maximum atomic E-state index is 11.5. The lowest BCUT2D eigenvalue weighted by Gasteiger charge is -2.26. The van der Waals surface area contributed by atoms with Crippen LogP contribution >= 0.6 is 27.3 Å². The molecule has 1 fully saturated rings. The highest BCUT2D eigenvalue weighted by molar-refractivity contribution is 9.10. The Morgan fingerprint density at radius 3 is 2.80 bits per heavy atom. The molecule has 0 atom stereocenters. The molecular formula is C15H14BrNO2S. The van der Waals surface area contributed by atoms with Gasteiger partial charge in [-0.25, -0.2) is 4.79 Å². The monoisotopic (exact) mass is 351 g/mol. The molecule has 104 valence electrons. The second kappa shape index (κ2) is 5.58. The minimum absolute atomic E-state index is 0.356. The molecule has 0 unspecified atom stereocenters. The summed E-state index contributed by atoms with van der Waals surface area (Å²) in [6, 6.07) is 8.14. The smallest absolute Gasteiger partial charge is 0.338 e. The summed E-state index contributed by atoms with van der Waals surface area (Å²) in [6.07, 6.45) is 2.27. The number of rotatable bonds is 5. The van der Waals surface area contributed by atoms with Crippen LogP contribution < -0.4 is 4.90 Å². The van der Waals surface area contributed by atoms with Crippen molar-refractivity contribution in [3.8, 4) is 0 Å². The van der Waals surface area contributed by atoms with Crippen molar-refractivity contribution in [2.45, 2.75) is 25.4 Å². The third kappa shape index (κ3) is 2.74. The first-order chi connectivity index (χ1) is 9.66. The number of carbonyl (C=O) groups is 1. The van der Waals surface area contributed by atoms with E-state index >= 15 is 0 Å². The van der Waals surface area contributed by atoms with E-state index in [1.54, 1.807) is 17.4 Å². The van der Waals surface area contributed by atoms with Crippen LogP contribution in [0.5, 0.6) is 0 Å². The number of thiophene rings is 1. The van der Waals surface area contributed by atoms with E-state index in [1.807, 2.05) is 12.1 Å². The van der Waals surface area contributed by atoms with E-state index in [9.17, 15) is 9.90 Å². The number of hydrogen-bond donors (Lipinski definition) is 1. The van der Waals surface area contributed by atoms with Gasteiger partial charge in [0.1, 0.15) is 0 Å². The van der Waals surface area contributed by atoms with Crippen LogP contribution in [-0.2, 0) is 6.54 Å². The van der Waals surface area contributed by atoms with E-state index in [0.29, 0.717) is 16.1 Å². The SMILES string of the molecule is O=C(O)c1c(Br)cccc1N(Cc1ccsc1)C1CC1. The standard InChI is InChI=1S/C15H14BrNO2S/c16-12-2-1-3-13(14(12)15(18)19)17(11-4-5-11)8-10-6-7-20-9-10/h1-3,6-7,9,11H,4-5,8H2,(H,18,19). The molecule has 3 nitrogen and oxygen atoms in total. The molecule has 1 N–H and O–H groups in total. The molecular weight excluding hydrogens is 338 g/mol. The van der Waals surface area contributed by atoms with Gasteiger partial charge >= 0.3 is 5.97 Å². The summed E-state index contributed by atoms with van der Waals surface area (Å²) >= 11 is 5.03. The molecule has 1 aliphatic rings. The van der Waals surface area contributed by atoms with E-state index in [1.165, 1.54) is 5.56 Å². The largest absolute Gasteiger partial charge is 0.478 e. The summed E-state index contributed by atoms with van der Waals surface area (Å²) in [5.41, 5.74) is 2.40. The summed E-state index contributed by atoms with van der Waals surface area (Å²) in [5, 5.41) is 13.6. The van der Waals surface area contributed by atoms with Gasteiger partial charge < -0.3 is 10.0 Å². The van der Waals surface area contributed by atoms with Gasteiger partial charge in [-0.2, -0.15) is 11.3 Å². The number of carboxylic acids is 1. The van der Waals surface area contributed by atoms with Crippen molar-refractivity contribution in [2.75, 3.05) is 4.90 Å². The molecule has 0 radical (unpaired) electrons. The maximum absolute atomic E-state index is 11.5. The Balaban J connectivity index is 1.99. The number of hydrogen-bond acceptors (Lipinski definition) is 3. The third-order valence-electron chi connectivity index (χ3n) is 3.44. The van der Waals surface area contributed by atoms with Gasteiger partial charge in [0.05, 0.1) is 11.3 Å². The fourth-order valence-corrected chi connectivity index (χ4v) is 3.53. The normalized spacial score (nSPS) is 14.2. The quantitative estimate of drug-likeness (QED) is 0.868. The van der Waals surface area contributed by atoms with Crippen LogP contribution in [0.3, 0.4) is 0 Å². The number of benzene rings is 1.